The van der Waals surface area contributed by atoms with Crippen LogP contribution in [0.3, 0.4) is 0 Å². The maximum Gasteiger partial charge on any atom is 1.00 e. The summed E-state index contributed by atoms with van der Waals surface area (Å²) in [5, 5.41) is 26.7. The summed E-state index contributed by atoms with van der Waals surface area (Å²) in [5.74, 6) is 0.0497. The third-order valence-electron chi connectivity index (χ3n) is 11.7. The molecule has 0 amide bonds. The van der Waals surface area contributed by atoms with E-state index in [1.165, 1.54) is 0 Å². The summed E-state index contributed by atoms with van der Waals surface area (Å²) in [6, 6.07) is 47.5. The van der Waals surface area contributed by atoms with Crippen LogP contribution in [0, 0.1) is 0 Å². The van der Waals surface area contributed by atoms with E-state index in [9.17, 15) is 9.90 Å². The van der Waals surface area contributed by atoms with Gasteiger partial charge in [0, 0.05) is 18.5 Å². The van der Waals surface area contributed by atoms with Gasteiger partial charge in [0.25, 0.3) is 0 Å². The number of hydrogen-bond donors (Lipinski definition) is 0. The van der Waals surface area contributed by atoms with Crippen LogP contribution in [0.4, 0.5) is 0 Å². The molecule has 7 rings (SSSR count). The number of hydrogen-bond acceptors (Lipinski definition) is 7. The van der Waals surface area contributed by atoms with E-state index in [0.29, 0.717) is 30.3 Å². The van der Waals surface area contributed by atoms with E-state index in [2.05, 4.69) is 107 Å². The van der Waals surface area contributed by atoms with Crippen molar-refractivity contribution in [2.75, 3.05) is 0 Å². The number of aromatic nitrogens is 6. The largest absolute Gasteiger partial charge is 1.00 e. The predicted molar refractivity (Wildman–Crippen MR) is 234 cm³/mol. The molecule has 0 atom stereocenters. The van der Waals surface area contributed by atoms with Crippen LogP contribution in [0.15, 0.2) is 140 Å². The summed E-state index contributed by atoms with van der Waals surface area (Å²) in [6.45, 7) is 17.1. The van der Waals surface area contributed by atoms with Gasteiger partial charge in [-0.05, 0) is 82.2 Å². The number of carbonyl (C=O) groups is 1. The van der Waals surface area contributed by atoms with Gasteiger partial charge in [0.1, 0.15) is 11.4 Å². The molecule has 0 aliphatic heterocycles. The molecule has 9 nitrogen and oxygen atoms in total. The molecule has 0 aliphatic carbocycles. The standard InChI is InChI=1S/C49H54N6O3Si.K/c1-9-21-42-50-44(48(5,6)58-59(7,8)47(2,3)4)43(46(56)57)54(42)34-35-30-32-36(33-31-35)40-28-19-20-29-41(40)45-51-52-53-55(45)49(37-22-13-10-14-23-37,38-24-15-11-16-25-38)39-26-17-12-18-27-39;/h10-20,22-33H,9,21,34H2,1-8H3,(H,56,57);/q;+1/p-1. The Morgan fingerprint density at radius 1 is 0.717 bits per heavy atom. The molecule has 302 valence electrons. The van der Waals surface area contributed by atoms with Gasteiger partial charge in [-0.3, -0.25) is 0 Å². The Balaban J connectivity index is 0.00000604. The van der Waals surface area contributed by atoms with E-state index in [1.807, 2.05) is 97.4 Å². The number of nitrogens with zero attached hydrogens (tertiary/aromatic N) is 6. The number of benzene rings is 5. The van der Waals surface area contributed by atoms with Crippen molar-refractivity contribution in [2.45, 2.75) is 90.2 Å². The van der Waals surface area contributed by atoms with Crippen molar-refractivity contribution in [2.24, 2.45) is 0 Å². The topological polar surface area (TPSA) is 111 Å². The quantitative estimate of drug-likeness (QED) is 0.0890. The molecule has 2 heterocycles. The number of aryl methyl sites for hydroxylation is 1. The first-order valence-electron chi connectivity index (χ1n) is 20.3. The van der Waals surface area contributed by atoms with Crippen LogP contribution in [0.2, 0.25) is 18.1 Å². The Morgan fingerprint density at radius 2 is 1.22 bits per heavy atom. The van der Waals surface area contributed by atoms with Gasteiger partial charge in [-0.25, -0.2) is 9.67 Å². The first kappa shape index (κ1) is 45.2. The molecule has 11 heteroatoms. The Bertz CT molecular complexity index is 2430. The van der Waals surface area contributed by atoms with Crippen LogP contribution in [0.25, 0.3) is 22.5 Å². The SMILES string of the molecule is CCCc1nc(C(C)(C)O[Si](C)(C)C(C)(C)C)c(C(=O)[O-])n1Cc1ccc(-c2ccccc2-c2nnnn2C(c2ccccc2)(c2ccccc2)c2ccccc2)cc1.[K+]. The smallest absolute Gasteiger partial charge is 0.543 e. The molecule has 0 saturated carbocycles. The van der Waals surface area contributed by atoms with Crippen LogP contribution in [0.5, 0.6) is 0 Å². The number of rotatable bonds is 14. The van der Waals surface area contributed by atoms with Crippen molar-refractivity contribution in [1.82, 2.24) is 29.8 Å². The molecule has 0 N–H and O–H groups in total. The number of tetrazole rings is 1. The molecule has 0 spiro atoms. The van der Waals surface area contributed by atoms with E-state index in [-0.39, 0.29) is 62.1 Å². The number of aromatic carboxylic acids is 1. The Morgan fingerprint density at radius 3 is 1.70 bits per heavy atom. The molecule has 0 aliphatic rings. The maximum atomic E-state index is 13.0. The van der Waals surface area contributed by atoms with Crippen LogP contribution in [-0.2, 0) is 28.5 Å². The Hall–Kier alpha value is -4.34. The summed E-state index contributed by atoms with van der Waals surface area (Å²) >= 11 is 0. The second-order valence-corrected chi connectivity index (χ2v) is 21.9. The van der Waals surface area contributed by atoms with Crippen LogP contribution in [0.1, 0.15) is 92.2 Å². The van der Waals surface area contributed by atoms with E-state index in [1.54, 1.807) is 4.57 Å². The molecule has 0 fully saturated rings. The fourth-order valence-electron chi connectivity index (χ4n) is 7.94. The van der Waals surface area contributed by atoms with Crippen LogP contribution < -0.4 is 56.5 Å². The normalized spacial score (nSPS) is 12.3. The fraction of sp³-hybridized carbons (Fsp3) is 0.286. The molecule has 0 saturated heterocycles. The van der Waals surface area contributed by atoms with Crippen molar-refractivity contribution >= 4 is 14.3 Å². The zero-order valence-electron chi connectivity index (χ0n) is 36.3. The molecular formula is C49H53KN6O3Si. The second-order valence-electron chi connectivity index (χ2n) is 17.2. The summed E-state index contributed by atoms with van der Waals surface area (Å²) in [5.41, 5.74) is 5.40. The predicted octanol–water partition coefficient (Wildman–Crippen LogP) is 6.67. The summed E-state index contributed by atoms with van der Waals surface area (Å²) < 4.78 is 10.6. The van der Waals surface area contributed by atoms with Gasteiger partial charge in [-0.15, -0.1) is 5.10 Å². The van der Waals surface area contributed by atoms with Gasteiger partial charge >= 0.3 is 51.4 Å². The molecule has 60 heavy (non-hydrogen) atoms. The van der Waals surface area contributed by atoms with Gasteiger partial charge in [-0.1, -0.05) is 167 Å². The third kappa shape index (κ3) is 8.72. The average Bonchev–Trinajstić information content (AvgIpc) is 3.85. The number of imidazole rings is 1. The van der Waals surface area contributed by atoms with Crippen molar-refractivity contribution in [3.63, 3.8) is 0 Å². The van der Waals surface area contributed by atoms with E-state index < -0.39 is 25.4 Å². The molecule has 0 bridgehead atoms. The minimum atomic E-state index is -2.29. The van der Waals surface area contributed by atoms with E-state index in [0.717, 1.165) is 45.4 Å². The van der Waals surface area contributed by atoms with Crippen molar-refractivity contribution in [3.8, 4) is 22.5 Å². The molecule has 7 aromatic rings. The molecule has 0 unspecified atom stereocenters. The monoisotopic (exact) mass is 840 g/mol. The zero-order valence-corrected chi connectivity index (χ0v) is 40.4. The van der Waals surface area contributed by atoms with Crippen molar-refractivity contribution < 1.29 is 65.7 Å². The summed E-state index contributed by atoms with van der Waals surface area (Å²) in [7, 11) is -2.29. The summed E-state index contributed by atoms with van der Waals surface area (Å²) in [6.07, 6.45) is 1.43. The van der Waals surface area contributed by atoms with Gasteiger partial charge in [0.2, 0.25) is 0 Å². The number of carboxylic acids is 1. The van der Waals surface area contributed by atoms with Gasteiger partial charge in [0.05, 0.1) is 23.0 Å². The second kappa shape index (κ2) is 18.3. The van der Waals surface area contributed by atoms with Gasteiger partial charge in [-0.2, -0.15) is 0 Å². The molecule has 5 aromatic carbocycles. The maximum absolute atomic E-state index is 13.0. The van der Waals surface area contributed by atoms with E-state index >= 15 is 0 Å². The fourth-order valence-corrected chi connectivity index (χ4v) is 9.62. The zero-order chi connectivity index (χ0) is 42.0. The minimum Gasteiger partial charge on any atom is -0.543 e. The van der Waals surface area contributed by atoms with Crippen molar-refractivity contribution in [3.05, 3.63) is 179 Å². The van der Waals surface area contributed by atoms with Gasteiger partial charge in [0.15, 0.2) is 14.1 Å². The number of carbonyl (C=O) groups excluding carboxylic acids is 1. The molecule has 2 aromatic heterocycles. The van der Waals surface area contributed by atoms with Gasteiger partial charge < -0.3 is 18.9 Å². The first-order valence-corrected chi connectivity index (χ1v) is 23.3. The summed E-state index contributed by atoms with van der Waals surface area (Å²) in [4.78, 5) is 18.0. The van der Waals surface area contributed by atoms with Crippen molar-refractivity contribution in [1.29, 1.82) is 0 Å². The Labute approximate surface area is 397 Å². The molecule has 0 radical (unpaired) electrons. The third-order valence-corrected chi connectivity index (χ3v) is 16.4. The van der Waals surface area contributed by atoms with E-state index in [4.69, 9.17) is 19.7 Å². The van der Waals surface area contributed by atoms with Crippen LogP contribution >= 0.6 is 0 Å². The molecular weight excluding hydrogens is 788 g/mol. The van der Waals surface area contributed by atoms with Crippen LogP contribution in [-0.4, -0.2) is 44.0 Å². The number of carboxylic acid groups (broad SMARTS) is 1. The Kier molecular flexibility index (Phi) is 13.8. The average molecular weight is 841 g/mol. The minimum absolute atomic E-state index is 0. The first-order chi connectivity index (χ1) is 28.2.